The third kappa shape index (κ3) is 2.52. The highest BCUT2D eigenvalue weighted by molar-refractivity contribution is 5.80. The fourth-order valence-corrected chi connectivity index (χ4v) is 2.32. The van der Waals surface area contributed by atoms with Gasteiger partial charge in [-0.2, -0.15) is 5.26 Å². The maximum atomic E-state index is 13.4. The lowest BCUT2D eigenvalue weighted by atomic mass is 9.98. The Bertz CT molecular complexity index is 867. The van der Waals surface area contributed by atoms with Gasteiger partial charge in [-0.15, -0.1) is 0 Å². The Kier molecular flexibility index (Phi) is 3.55. The van der Waals surface area contributed by atoms with Crippen molar-refractivity contribution in [2.24, 2.45) is 0 Å². The molecule has 0 unspecified atom stereocenters. The van der Waals surface area contributed by atoms with Crippen molar-refractivity contribution in [3.05, 3.63) is 72.0 Å². The summed E-state index contributed by atoms with van der Waals surface area (Å²) in [5.74, 6) is -0.202. The van der Waals surface area contributed by atoms with E-state index in [4.69, 9.17) is 5.73 Å². The zero-order chi connectivity index (χ0) is 15.5. The van der Waals surface area contributed by atoms with Crippen LogP contribution in [0.25, 0.3) is 22.4 Å². The van der Waals surface area contributed by atoms with Crippen molar-refractivity contribution >= 4 is 5.82 Å². The summed E-state index contributed by atoms with van der Waals surface area (Å²) < 4.78 is 13.4. The van der Waals surface area contributed by atoms with Crippen molar-refractivity contribution in [1.29, 1.82) is 5.26 Å². The lowest BCUT2D eigenvalue weighted by molar-refractivity contribution is 0.628. The molecule has 1 aromatic heterocycles. The molecule has 0 amide bonds. The standard InChI is InChI=1S/C18H12FN3/c19-14-8-4-7-13(9-14)17-10-15(12-5-2-1-3-6-12)16(11-20)18(21)22-17/h1-10H,(H2,21,22). The number of nitrogens with two attached hydrogens (primary N) is 1. The summed E-state index contributed by atoms with van der Waals surface area (Å²) in [6, 6.07) is 19.4. The first kappa shape index (κ1) is 13.8. The van der Waals surface area contributed by atoms with E-state index in [-0.39, 0.29) is 11.6 Å². The smallest absolute Gasteiger partial charge is 0.142 e. The Morgan fingerprint density at radius 3 is 2.36 bits per heavy atom. The molecule has 0 fully saturated rings. The zero-order valence-corrected chi connectivity index (χ0v) is 11.6. The second-order valence-corrected chi connectivity index (χ2v) is 4.80. The van der Waals surface area contributed by atoms with Crippen LogP contribution in [0.4, 0.5) is 10.2 Å². The van der Waals surface area contributed by atoms with Gasteiger partial charge in [-0.3, -0.25) is 0 Å². The van der Waals surface area contributed by atoms with Gasteiger partial charge in [0.15, 0.2) is 0 Å². The fraction of sp³-hybridized carbons (Fsp3) is 0. The minimum Gasteiger partial charge on any atom is -0.383 e. The number of rotatable bonds is 2. The molecule has 0 aliphatic heterocycles. The molecule has 0 spiro atoms. The van der Waals surface area contributed by atoms with Crippen LogP contribution < -0.4 is 5.73 Å². The Morgan fingerprint density at radius 1 is 0.955 bits per heavy atom. The molecule has 2 N–H and O–H groups in total. The third-order valence-electron chi connectivity index (χ3n) is 3.36. The highest BCUT2D eigenvalue weighted by Gasteiger charge is 2.13. The average molecular weight is 289 g/mol. The molecule has 0 atom stereocenters. The van der Waals surface area contributed by atoms with E-state index in [0.29, 0.717) is 22.4 Å². The van der Waals surface area contributed by atoms with E-state index in [1.165, 1.54) is 12.1 Å². The maximum absolute atomic E-state index is 13.4. The summed E-state index contributed by atoms with van der Waals surface area (Å²) in [6.45, 7) is 0. The molecule has 0 radical (unpaired) electrons. The van der Waals surface area contributed by atoms with Crippen LogP contribution >= 0.6 is 0 Å². The summed E-state index contributed by atoms with van der Waals surface area (Å²) in [5, 5.41) is 9.34. The first-order chi connectivity index (χ1) is 10.7. The van der Waals surface area contributed by atoms with Gasteiger partial charge < -0.3 is 5.73 Å². The number of hydrogen-bond acceptors (Lipinski definition) is 3. The molecular weight excluding hydrogens is 277 g/mol. The van der Waals surface area contributed by atoms with Crippen molar-refractivity contribution in [3.63, 3.8) is 0 Å². The first-order valence-corrected chi connectivity index (χ1v) is 6.71. The molecule has 22 heavy (non-hydrogen) atoms. The Hall–Kier alpha value is -3.19. The van der Waals surface area contributed by atoms with E-state index in [0.717, 1.165) is 5.56 Å². The van der Waals surface area contributed by atoms with Gasteiger partial charge in [-0.25, -0.2) is 9.37 Å². The monoisotopic (exact) mass is 289 g/mol. The predicted molar refractivity (Wildman–Crippen MR) is 84.2 cm³/mol. The molecule has 0 saturated carbocycles. The highest BCUT2D eigenvalue weighted by Crippen LogP contribution is 2.31. The molecule has 2 aromatic carbocycles. The number of nitrogens with zero attached hydrogens (tertiary/aromatic N) is 2. The number of hydrogen-bond donors (Lipinski definition) is 1. The Labute approximate surface area is 127 Å². The molecule has 3 rings (SSSR count). The molecule has 4 heteroatoms. The number of pyridine rings is 1. The minimum absolute atomic E-state index is 0.142. The quantitative estimate of drug-likeness (QED) is 0.775. The van der Waals surface area contributed by atoms with E-state index in [2.05, 4.69) is 11.1 Å². The normalized spacial score (nSPS) is 10.2. The minimum atomic E-state index is -0.344. The molecule has 3 nitrogen and oxygen atoms in total. The van der Waals surface area contributed by atoms with Crippen LogP contribution in [0, 0.1) is 17.1 Å². The molecule has 1 heterocycles. The van der Waals surface area contributed by atoms with Crippen LogP contribution in [0.1, 0.15) is 5.56 Å². The average Bonchev–Trinajstić information content (AvgIpc) is 2.55. The van der Waals surface area contributed by atoms with Gasteiger partial charge in [0, 0.05) is 11.1 Å². The number of nitrogen functional groups attached to an aromatic ring is 1. The Morgan fingerprint density at radius 2 is 1.68 bits per heavy atom. The maximum Gasteiger partial charge on any atom is 0.142 e. The topological polar surface area (TPSA) is 62.7 Å². The van der Waals surface area contributed by atoms with Crippen LogP contribution in [0.2, 0.25) is 0 Å². The SMILES string of the molecule is N#Cc1c(-c2ccccc2)cc(-c2cccc(F)c2)nc1N. The van der Waals surface area contributed by atoms with Crippen molar-refractivity contribution in [3.8, 4) is 28.5 Å². The molecule has 3 aromatic rings. The van der Waals surface area contributed by atoms with E-state index >= 15 is 0 Å². The molecule has 0 saturated heterocycles. The van der Waals surface area contributed by atoms with Crippen LogP contribution in [-0.4, -0.2) is 4.98 Å². The lowest BCUT2D eigenvalue weighted by Gasteiger charge is -2.10. The van der Waals surface area contributed by atoms with E-state index in [9.17, 15) is 9.65 Å². The van der Waals surface area contributed by atoms with Gasteiger partial charge in [-0.1, -0.05) is 42.5 Å². The number of anilines is 1. The van der Waals surface area contributed by atoms with E-state index in [1.807, 2.05) is 30.3 Å². The lowest BCUT2D eigenvalue weighted by Crippen LogP contribution is -1.99. The van der Waals surface area contributed by atoms with Crippen molar-refractivity contribution in [2.75, 3.05) is 5.73 Å². The first-order valence-electron chi connectivity index (χ1n) is 6.71. The van der Waals surface area contributed by atoms with Crippen LogP contribution in [-0.2, 0) is 0 Å². The summed E-state index contributed by atoms with van der Waals surface area (Å²) in [6.07, 6.45) is 0. The van der Waals surface area contributed by atoms with Crippen molar-refractivity contribution < 1.29 is 4.39 Å². The van der Waals surface area contributed by atoms with Gasteiger partial charge in [-0.05, 0) is 23.8 Å². The summed E-state index contributed by atoms with van der Waals surface area (Å²) >= 11 is 0. The predicted octanol–water partition coefficient (Wildman–Crippen LogP) is 4.01. The number of halogens is 1. The largest absolute Gasteiger partial charge is 0.383 e. The van der Waals surface area contributed by atoms with Gasteiger partial charge in [0.1, 0.15) is 23.3 Å². The highest BCUT2D eigenvalue weighted by atomic mass is 19.1. The van der Waals surface area contributed by atoms with Gasteiger partial charge in [0.2, 0.25) is 0 Å². The van der Waals surface area contributed by atoms with E-state index < -0.39 is 0 Å². The van der Waals surface area contributed by atoms with Gasteiger partial charge in [0.25, 0.3) is 0 Å². The summed E-state index contributed by atoms with van der Waals surface area (Å²) in [7, 11) is 0. The Balaban J connectivity index is 2.24. The van der Waals surface area contributed by atoms with Crippen molar-refractivity contribution in [2.45, 2.75) is 0 Å². The van der Waals surface area contributed by atoms with Crippen LogP contribution in [0.3, 0.4) is 0 Å². The zero-order valence-electron chi connectivity index (χ0n) is 11.6. The summed E-state index contributed by atoms with van der Waals surface area (Å²) in [5.41, 5.74) is 8.96. The second kappa shape index (κ2) is 5.66. The molecule has 0 bridgehead atoms. The van der Waals surface area contributed by atoms with Gasteiger partial charge in [0.05, 0.1) is 5.69 Å². The number of benzene rings is 2. The van der Waals surface area contributed by atoms with Crippen LogP contribution in [0.15, 0.2) is 60.7 Å². The van der Waals surface area contributed by atoms with Crippen LogP contribution in [0.5, 0.6) is 0 Å². The van der Waals surface area contributed by atoms with E-state index in [1.54, 1.807) is 18.2 Å². The molecule has 0 aliphatic rings. The van der Waals surface area contributed by atoms with Gasteiger partial charge >= 0.3 is 0 Å². The molecular formula is C18H12FN3. The number of nitriles is 1. The number of aromatic nitrogens is 1. The summed E-state index contributed by atoms with van der Waals surface area (Å²) in [4.78, 5) is 4.23. The molecule has 106 valence electrons. The van der Waals surface area contributed by atoms with Crippen molar-refractivity contribution in [1.82, 2.24) is 4.98 Å². The fourth-order valence-electron chi connectivity index (χ4n) is 2.32. The second-order valence-electron chi connectivity index (χ2n) is 4.80. The molecule has 0 aliphatic carbocycles. The third-order valence-corrected chi connectivity index (χ3v) is 3.36.